The van der Waals surface area contributed by atoms with E-state index >= 15 is 0 Å². The van der Waals surface area contributed by atoms with Gasteiger partial charge in [-0.15, -0.1) is 0 Å². The lowest BCUT2D eigenvalue weighted by molar-refractivity contribution is 0.00161. The Hall–Kier alpha value is -1.14. The van der Waals surface area contributed by atoms with Crippen molar-refractivity contribution in [3.8, 4) is 5.75 Å². The molecule has 0 heterocycles. The van der Waals surface area contributed by atoms with E-state index in [-0.39, 0.29) is 0 Å². The molecule has 1 aromatic carbocycles. The number of likely N-dealkylation sites (N-methyl/N-ethyl adjacent to an activating group) is 1. The first-order valence-corrected chi connectivity index (χ1v) is 6.72. The van der Waals surface area contributed by atoms with Crippen molar-refractivity contribution >= 4 is 0 Å². The van der Waals surface area contributed by atoms with Gasteiger partial charge in [0.25, 0.3) is 0 Å². The molecule has 1 rings (SSSR count). The van der Waals surface area contributed by atoms with E-state index in [4.69, 9.17) is 14.2 Å². The molecule has 0 bridgehead atoms. The lowest BCUT2D eigenvalue weighted by atomic mass is 10.2. The van der Waals surface area contributed by atoms with Crippen LogP contribution in [0.15, 0.2) is 24.3 Å². The zero-order valence-corrected chi connectivity index (χ0v) is 12.5. The standard InChI is InChI=1S/C15H25NO4/c1-16(11-14(17)12-20-9-8-18-2)10-13-4-6-15(19-3)7-5-13/h4-7,14,17H,8-12H2,1-3H3. The summed E-state index contributed by atoms with van der Waals surface area (Å²) in [4.78, 5) is 2.06. The van der Waals surface area contributed by atoms with E-state index < -0.39 is 6.10 Å². The molecule has 5 heteroatoms. The molecule has 1 unspecified atom stereocenters. The maximum Gasteiger partial charge on any atom is 0.118 e. The predicted octanol–water partition coefficient (Wildman–Crippen LogP) is 1.15. The van der Waals surface area contributed by atoms with Crippen LogP contribution in [-0.2, 0) is 16.0 Å². The molecule has 1 aromatic rings. The van der Waals surface area contributed by atoms with Gasteiger partial charge in [-0.2, -0.15) is 0 Å². The molecule has 1 N–H and O–H groups in total. The Morgan fingerprint density at radius 1 is 1.15 bits per heavy atom. The molecular weight excluding hydrogens is 258 g/mol. The Balaban J connectivity index is 2.25. The fraction of sp³-hybridized carbons (Fsp3) is 0.600. The minimum absolute atomic E-state index is 0.330. The molecule has 0 saturated heterocycles. The second-order valence-electron chi connectivity index (χ2n) is 4.77. The van der Waals surface area contributed by atoms with Gasteiger partial charge >= 0.3 is 0 Å². The lowest BCUT2D eigenvalue weighted by Gasteiger charge is -2.20. The van der Waals surface area contributed by atoms with Crippen molar-refractivity contribution in [1.82, 2.24) is 4.90 Å². The van der Waals surface area contributed by atoms with E-state index in [9.17, 15) is 5.11 Å². The van der Waals surface area contributed by atoms with Crippen molar-refractivity contribution < 1.29 is 19.3 Å². The van der Waals surface area contributed by atoms with Gasteiger partial charge < -0.3 is 19.3 Å². The summed E-state index contributed by atoms with van der Waals surface area (Å²) in [5.41, 5.74) is 1.18. The van der Waals surface area contributed by atoms with Gasteiger partial charge in [0, 0.05) is 20.2 Å². The highest BCUT2D eigenvalue weighted by Crippen LogP contribution is 2.12. The summed E-state index contributed by atoms with van der Waals surface area (Å²) < 4.78 is 15.3. The maximum atomic E-state index is 9.85. The first-order valence-electron chi connectivity index (χ1n) is 6.72. The van der Waals surface area contributed by atoms with Gasteiger partial charge in [-0.25, -0.2) is 0 Å². The Kier molecular flexibility index (Phi) is 8.22. The third kappa shape index (κ3) is 6.86. The lowest BCUT2D eigenvalue weighted by Crippen LogP contribution is -2.32. The van der Waals surface area contributed by atoms with Crippen molar-refractivity contribution in [3.63, 3.8) is 0 Å². The average molecular weight is 283 g/mol. The number of aliphatic hydroxyl groups is 1. The van der Waals surface area contributed by atoms with Gasteiger partial charge in [-0.3, -0.25) is 4.90 Å². The van der Waals surface area contributed by atoms with Crippen LogP contribution < -0.4 is 4.74 Å². The van der Waals surface area contributed by atoms with Gasteiger partial charge in [-0.05, 0) is 24.7 Å². The SMILES string of the molecule is COCCOCC(O)CN(C)Cc1ccc(OC)cc1. The number of hydrogen-bond acceptors (Lipinski definition) is 5. The van der Waals surface area contributed by atoms with Gasteiger partial charge in [0.15, 0.2) is 0 Å². The third-order valence-corrected chi connectivity index (χ3v) is 2.88. The molecule has 5 nitrogen and oxygen atoms in total. The fourth-order valence-corrected chi connectivity index (χ4v) is 1.88. The Morgan fingerprint density at radius 3 is 2.45 bits per heavy atom. The summed E-state index contributed by atoms with van der Waals surface area (Å²) in [6.45, 7) is 2.73. The first-order chi connectivity index (χ1) is 9.65. The Morgan fingerprint density at radius 2 is 1.85 bits per heavy atom. The van der Waals surface area contributed by atoms with Gasteiger partial charge in [0.2, 0.25) is 0 Å². The van der Waals surface area contributed by atoms with E-state index in [0.717, 1.165) is 12.3 Å². The van der Waals surface area contributed by atoms with E-state index in [1.54, 1.807) is 14.2 Å². The quantitative estimate of drug-likeness (QED) is 0.653. The van der Waals surface area contributed by atoms with Gasteiger partial charge in [0.05, 0.1) is 33.0 Å². The van der Waals surface area contributed by atoms with Crippen molar-refractivity contribution in [2.75, 3.05) is 47.6 Å². The second-order valence-corrected chi connectivity index (χ2v) is 4.77. The summed E-state index contributed by atoms with van der Waals surface area (Å²) in [6.07, 6.45) is -0.491. The molecule has 1 atom stereocenters. The van der Waals surface area contributed by atoms with Crippen LogP contribution in [0.1, 0.15) is 5.56 Å². The van der Waals surface area contributed by atoms with Crippen LogP contribution in [0.5, 0.6) is 5.75 Å². The normalized spacial score (nSPS) is 12.7. The number of methoxy groups -OCH3 is 2. The van der Waals surface area contributed by atoms with E-state index in [1.165, 1.54) is 5.56 Å². The van der Waals surface area contributed by atoms with Crippen molar-refractivity contribution in [2.45, 2.75) is 12.6 Å². The third-order valence-electron chi connectivity index (χ3n) is 2.88. The highest BCUT2D eigenvalue weighted by atomic mass is 16.5. The molecule has 20 heavy (non-hydrogen) atoms. The summed E-state index contributed by atoms with van der Waals surface area (Å²) in [7, 11) is 5.26. The topological polar surface area (TPSA) is 51.2 Å². The molecule has 114 valence electrons. The summed E-state index contributed by atoms with van der Waals surface area (Å²) in [6, 6.07) is 7.93. The zero-order valence-electron chi connectivity index (χ0n) is 12.5. The average Bonchev–Trinajstić information content (AvgIpc) is 2.44. The molecule has 0 saturated carbocycles. The maximum absolute atomic E-state index is 9.85. The van der Waals surface area contributed by atoms with Crippen LogP contribution in [0.3, 0.4) is 0 Å². The predicted molar refractivity (Wildman–Crippen MR) is 78.0 cm³/mol. The van der Waals surface area contributed by atoms with E-state index in [0.29, 0.717) is 26.4 Å². The smallest absolute Gasteiger partial charge is 0.118 e. The number of ether oxygens (including phenoxy) is 3. The van der Waals surface area contributed by atoms with Crippen LogP contribution in [0.4, 0.5) is 0 Å². The number of aliphatic hydroxyl groups excluding tert-OH is 1. The van der Waals surface area contributed by atoms with Crippen LogP contribution in [0, 0.1) is 0 Å². The molecule has 0 aliphatic rings. The van der Waals surface area contributed by atoms with Crippen LogP contribution in [-0.4, -0.2) is 63.7 Å². The van der Waals surface area contributed by atoms with Gasteiger partial charge in [0.1, 0.15) is 5.75 Å². The van der Waals surface area contributed by atoms with Crippen LogP contribution in [0.25, 0.3) is 0 Å². The summed E-state index contributed by atoms with van der Waals surface area (Å²) in [5, 5.41) is 9.85. The molecular formula is C15H25NO4. The molecule has 0 amide bonds. The van der Waals surface area contributed by atoms with Crippen molar-refractivity contribution in [1.29, 1.82) is 0 Å². The van der Waals surface area contributed by atoms with Crippen LogP contribution >= 0.6 is 0 Å². The molecule has 0 aromatic heterocycles. The highest BCUT2D eigenvalue weighted by molar-refractivity contribution is 5.27. The summed E-state index contributed by atoms with van der Waals surface area (Å²) in [5.74, 6) is 0.850. The first kappa shape index (κ1) is 16.9. The van der Waals surface area contributed by atoms with Gasteiger partial charge in [-0.1, -0.05) is 12.1 Å². The minimum Gasteiger partial charge on any atom is -0.497 e. The molecule has 0 fully saturated rings. The number of rotatable bonds is 10. The molecule has 0 aliphatic carbocycles. The zero-order chi connectivity index (χ0) is 14.8. The van der Waals surface area contributed by atoms with E-state index in [2.05, 4.69) is 4.90 Å². The minimum atomic E-state index is -0.491. The largest absolute Gasteiger partial charge is 0.497 e. The Bertz CT molecular complexity index is 355. The fourth-order valence-electron chi connectivity index (χ4n) is 1.88. The number of hydrogen-bond donors (Lipinski definition) is 1. The molecule has 0 aliphatic heterocycles. The van der Waals surface area contributed by atoms with E-state index in [1.807, 2.05) is 31.3 Å². The monoisotopic (exact) mass is 283 g/mol. The molecule has 0 radical (unpaired) electrons. The summed E-state index contributed by atoms with van der Waals surface area (Å²) >= 11 is 0. The number of benzene rings is 1. The number of nitrogens with zero attached hydrogens (tertiary/aromatic N) is 1. The second kappa shape index (κ2) is 9.72. The van der Waals surface area contributed by atoms with Crippen molar-refractivity contribution in [3.05, 3.63) is 29.8 Å². The Labute approximate surface area is 121 Å². The highest BCUT2D eigenvalue weighted by Gasteiger charge is 2.09. The van der Waals surface area contributed by atoms with Crippen molar-refractivity contribution in [2.24, 2.45) is 0 Å². The molecule has 0 spiro atoms. The van der Waals surface area contributed by atoms with Crippen LogP contribution in [0.2, 0.25) is 0 Å².